The molecular formula is C22H23F2N3O5S. The van der Waals surface area contributed by atoms with Gasteiger partial charge in [-0.25, -0.2) is 27.0 Å². The number of hydrogen-bond acceptors (Lipinski definition) is 6. The Morgan fingerprint density at radius 3 is 2.58 bits per heavy atom. The fraction of sp³-hybridized carbons (Fsp3) is 0.364. The van der Waals surface area contributed by atoms with Gasteiger partial charge in [0.05, 0.1) is 54.4 Å². The summed E-state index contributed by atoms with van der Waals surface area (Å²) in [4.78, 5) is 17.4. The van der Waals surface area contributed by atoms with Gasteiger partial charge in [0.25, 0.3) is 0 Å². The van der Waals surface area contributed by atoms with E-state index in [1.807, 2.05) is 13.0 Å². The SMILES string of the molecule is COC(=O)N1CCO[C@@H](Cn2c(-c3c(F)cc(S(C)(=O)=O)cc3F)nc3cc(C)ccc32)C1. The third-order valence-corrected chi connectivity index (χ3v) is 6.62. The molecule has 0 aliphatic carbocycles. The normalized spacial score (nSPS) is 16.9. The zero-order chi connectivity index (χ0) is 23.9. The van der Waals surface area contributed by atoms with Gasteiger partial charge in [-0.1, -0.05) is 6.07 Å². The van der Waals surface area contributed by atoms with E-state index >= 15 is 8.78 Å². The number of morpholine rings is 1. The molecule has 8 nitrogen and oxygen atoms in total. The van der Waals surface area contributed by atoms with Crippen LogP contribution in [0.25, 0.3) is 22.4 Å². The topological polar surface area (TPSA) is 90.7 Å². The molecule has 0 spiro atoms. The number of fused-ring (bicyclic) bond motifs is 1. The third kappa shape index (κ3) is 4.55. The van der Waals surface area contributed by atoms with Crippen LogP contribution in [0.2, 0.25) is 0 Å². The Bertz CT molecular complexity index is 1320. The number of aryl methyl sites for hydroxylation is 1. The van der Waals surface area contributed by atoms with E-state index in [0.29, 0.717) is 17.6 Å². The maximum absolute atomic E-state index is 15.0. The first-order chi connectivity index (χ1) is 15.6. The van der Waals surface area contributed by atoms with Crippen LogP contribution in [0.15, 0.2) is 35.2 Å². The number of sulfone groups is 1. The van der Waals surface area contributed by atoms with Gasteiger partial charge < -0.3 is 18.9 Å². The number of amides is 1. The number of ether oxygens (including phenoxy) is 2. The second-order valence-electron chi connectivity index (χ2n) is 7.98. The van der Waals surface area contributed by atoms with Crippen LogP contribution in [-0.2, 0) is 25.9 Å². The maximum Gasteiger partial charge on any atom is 0.409 e. The maximum atomic E-state index is 15.0. The molecule has 176 valence electrons. The Morgan fingerprint density at radius 2 is 1.94 bits per heavy atom. The molecule has 3 aromatic rings. The Kier molecular flexibility index (Phi) is 6.10. The fourth-order valence-electron chi connectivity index (χ4n) is 3.92. The quantitative estimate of drug-likeness (QED) is 0.571. The summed E-state index contributed by atoms with van der Waals surface area (Å²) in [5.41, 5.74) is 1.63. The van der Waals surface area contributed by atoms with Gasteiger partial charge in [0.1, 0.15) is 17.5 Å². The number of nitrogens with zero attached hydrogens (tertiary/aromatic N) is 3. The van der Waals surface area contributed by atoms with Crippen molar-refractivity contribution in [2.24, 2.45) is 0 Å². The molecule has 0 radical (unpaired) electrons. The molecule has 1 aromatic heterocycles. The van der Waals surface area contributed by atoms with Crippen molar-refractivity contribution in [1.29, 1.82) is 0 Å². The molecule has 0 N–H and O–H groups in total. The lowest BCUT2D eigenvalue weighted by Gasteiger charge is -2.32. The lowest BCUT2D eigenvalue weighted by Crippen LogP contribution is -2.47. The van der Waals surface area contributed by atoms with Crippen LogP contribution >= 0.6 is 0 Å². The van der Waals surface area contributed by atoms with Crippen LogP contribution in [0.4, 0.5) is 13.6 Å². The van der Waals surface area contributed by atoms with Crippen molar-refractivity contribution >= 4 is 27.0 Å². The zero-order valence-electron chi connectivity index (χ0n) is 18.3. The van der Waals surface area contributed by atoms with Crippen molar-refractivity contribution in [3.05, 3.63) is 47.5 Å². The highest BCUT2D eigenvalue weighted by atomic mass is 32.2. The monoisotopic (exact) mass is 479 g/mol. The summed E-state index contributed by atoms with van der Waals surface area (Å²) in [6.45, 7) is 2.92. The first-order valence-electron chi connectivity index (χ1n) is 10.2. The predicted octanol–water partition coefficient (Wildman–Crippen LogP) is 3.16. The molecule has 1 saturated heterocycles. The van der Waals surface area contributed by atoms with Gasteiger partial charge in [-0.05, 0) is 36.8 Å². The Morgan fingerprint density at radius 1 is 1.24 bits per heavy atom. The molecule has 1 amide bonds. The minimum atomic E-state index is -3.80. The summed E-state index contributed by atoms with van der Waals surface area (Å²) in [5, 5.41) is 0. The van der Waals surface area contributed by atoms with Gasteiger partial charge in [0.2, 0.25) is 0 Å². The summed E-state index contributed by atoms with van der Waals surface area (Å²) in [5.74, 6) is -2.07. The Balaban J connectivity index is 1.82. The van der Waals surface area contributed by atoms with Gasteiger partial charge in [-0.3, -0.25) is 0 Å². The van der Waals surface area contributed by atoms with E-state index in [2.05, 4.69) is 4.98 Å². The standard InChI is InChI=1S/C22H23F2N3O5S/c1-13-4-5-19-18(8-13)25-21(20-16(23)9-15(10-17(20)24)33(3,29)30)27(19)12-14-11-26(6-7-32-14)22(28)31-2/h4-5,8-10,14H,6-7,11-12H2,1-3H3/t14-/m1/s1. The van der Waals surface area contributed by atoms with Crippen LogP contribution in [0.1, 0.15) is 5.56 Å². The average Bonchev–Trinajstić information content (AvgIpc) is 3.09. The lowest BCUT2D eigenvalue weighted by molar-refractivity contribution is -0.0310. The van der Waals surface area contributed by atoms with Crippen molar-refractivity contribution < 1.29 is 31.5 Å². The lowest BCUT2D eigenvalue weighted by atomic mass is 10.1. The minimum absolute atomic E-state index is 0.00411. The highest BCUT2D eigenvalue weighted by Crippen LogP contribution is 2.32. The smallest absolute Gasteiger partial charge is 0.409 e. The zero-order valence-corrected chi connectivity index (χ0v) is 19.2. The van der Waals surface area contributed by atoms with Crippen molar-refractivity contribution in [2.75, 3.05) is 33.1 Å². The van der Waals surface area contributed by atoms with Crippen LogP contribution in [0.3, 0.4) is 0 Å². The highest BCUT2D eigenvalue weighted by molar-refractivity contribution is 7.90. The number of rotatable bonds is 4. The van der Waals surface area contributed by atoms with Crippen molar-refractivity contribution in [3.8, 4) is 11.4 Å². The van der Waals surface area contributed by atoms with Crippen LogP contribution in [0.5, 0.6) is 0 Å². The van der Waals surface area contributed by atoms with Gasteiger partial charge >= 0.3 is 6.09 Å². The molecular weight excluding hydrogens is 456 g/mol. The summed E-state index contributed by atoms with van der Waals surface area (Å²) in [7, 11) is -2.51. The molecule has 1 atom stereocenters. The van der Waals surface area contributed by atoms with Crippen molar-refractivity contribution in [1.82, 2.24) is 14.5 Å². The average molecular weight is 480 g/mol. The molecule has 2 heterocycles. The first kappa shape index (κ1) is 23.1. The van der Waals surface area contributed by atoms with E-state index in [1.165, 1.54) is 12.0 Å². The van der Waals surface area contributed by atoms with E-state index in [9.17, 15) is 13.2 Å². The molecule has 11 heteroatoms. The predicted molar refractivity (Wildman–Crippen MR) is 117 cm³/mol. The molecule has 1 fully saturated rings. The second kappa shape index (κ2) is 8.71. The number of methoxy groups -OCH3 is 1. The highest BCUT2D eigenvalue weighted by Gasteiger charge is 2.28. The summed E-state index contributed by atoms with van der Waals surface area (Å²) in [6, 6.07) is 7.02. The summed E-state index contributed by atoms with van der Waals surface area (Å²) in [6.07, 6.45) is -0.0772. The Hall–Kier alpha value is -3.05. The number of halogens is 2. The fourth-order valence-corrected chi connectivity index (χ4v) is 4.56. The molecule has 4 rings (SSSR count). The van der Waals surface area contributed by atoms with E-state index in [1.54, 1.807) is 16.7 Å². The number of carbonyl (C=O) groups excluding carboxylic acids is 1. The number of aromatic nitrogens is 2. The van der Waals surface area contributed by atoms with Gasteiger partial charge in [0.15, 0.2) is 9.84 Å². The molecule has 1 aliphatic heterocycles. The number of carbonyl (C=O) groups is 1. The number of benzene rings is 2. The van der Waals surface area contributed by atoms with Gasteiger partial charge in [-0.15, -0.1) is 0 Å². The molecule has 0 saturated carbocycles. The van der Waals surface area contributed by atoms with Crippen LogP contribution in [-0.4, -0.2) is 68.1 Å². The van der Waals surface area contributed by atoms with E-state index < -0.39 is 44.1 Å². The molecule has 0 bridgehead atoms. The van der Waals surface area contributed by atoms with Crippen molar-refractivity contribution in [2.45, 2.75) is 24.5 Å². The molecule has 1 aliphatic rings. The van der Waals surface area contributed by atoms with Gasteiger partial charge in [-0.2, -0.15) is 0 Å². The van der Waals surface area contributed by atoms with Gasteiger partial charge in [0, 0.05) is 12.8 Å². The largest absolute Gasteiger partial charge is 0.453 e. The number of imidazole rings is 1. The molecule has 0 unspecified atom stereocenters. The summed E-state index contributed by atoms with van der Waals surface area (Å²) < 4.78 is 65.9. The molecule has 33 heavy (non-hydrogen) atoms. The number of hydrogen-bond donors (Lipinski definition) is 0. The summed E-state index contributed by atoms with van der Waals surface area (Å²) >= 11 is 0. The first-order valence-corrected chi connectivity index (χ1v) is 12.1. The van der Waals surface area contributed by atoms with E-state index in [-0.39, 0.29) is 25.5 Å². The minimum Gasteiger partial charge on any atom is -0.453 e. The second-order valence-corrected chi connectivity index (χ2v) is 10.00. The Labute approximate surface area is 189 Å². The molecule has 2 aromatic carbocycles. The third-order valence-electron chi connectivity index (χ3n) is 5.53. The van der Waals surface area contributed by atoms with Crippen LogP contribution in [0, 0.1) is 18.6 Å². The van der Waals surface area contributed by atoms with Crippen LogP contribution < -0.4 is 0 Å². The van der Waals surface area contributed by atoms with Crippen molar-refractivity contribution in [3.63, 3.8) is 0 Å². The van der Waals surface area contributed by atoms with E-state index in [0.717, 1.165) is 24.0 Å². The van der Waals surface area contributed by atoms with E-state index in [4.69, 9.17) is 9.47 Å².